The van der Waals surface area contributed by atoms with E-state index in [4.69, 9.17) is 4.74 Å². The van der Waals surface area contributed by atoms with Crippen LogP contribution in [0.1, 0.15) is 24.0 Å². The summed E-state index contributed by atoms with van der Waals surface area (Å²) in [7, 11) is -3.42. The Balaban J connectivity index is 1.58. The minimum absolute atomic E-state index is 0.00495. The molecule has 0 spiro atoms. The van der Waals surface area contributed by atoms with Crippen molar-refractivity contribution in [2.45, 2.75) is 31.3 Å². The zero-order valence-electron chi connectivity index (χ0n) is 15.6. The summed E-state index contributed by atoms with van der Waals surface area (Å²) < 4.78 is 34.3. The van der Waals surface area contributed by atoms with E-state index in [9.17, 15) is 8.42 Å². The van der Waals surface area contributed by atoms with Gasteiger partial charge in [0.15, 0.2) is 0 Å². The van der Waals surface area contributed by atoms with Crippen molar-refractivity contribution < 1.29 is 13.2 Å². The second-order valence-corrected chi connectivity index (χ2v) is 10.0. The molecule has 0 saturated carbocycles. The third-order valence-corrected chi connectivity index (χ3v) is 8.71. The fraction of sp³-hybridized carbons (Fsp3) is 0.429. The van der Waals surface area contributed by atoms with Gasteiger partial charge in [-0.25, -0.2) is 8.42 Å². The zero-order chi connectivity index (χ0) is 19.3. The Morgan fingerprint density at radius 2 is 1.81 bits per heavy atom. The summed E-state index contributed by atoms with van der Waals surface area (Å²) in [5.41, 5.74) is 2.22. The maximum Gasteiger partial charge on any atom is 0.243 e. The summed E-state index contributed by atoms with van der Waals surface area (Å²) in [6, 6.07) is 17.2. The highest BCUT2D eigenvalue weighted by molar-refractivity contribution is 14.1. The standard InChI is InChI=1S/C21H26INO3S/c1-18-7-9-20(10-8-18)27(24,25)23-13-11-21(16-22,17-23)12-14-26-15-19-5-3-2-4-6-19/h2-10H,11-17H2,1H3. The van der Waals surface area contributed by atoms with Gasteiger partial charge in [-0.1, -0.05) is 70.6 Å². The van der Waals surface area contributed by atoms with E-state index in [1.54, 1.807) is 16.4 Å². The fourth-order valence-electron chi connectivity index (χ4n) is 3.39. The average Bonchev–Trinajstić information content (AvgIpc) is 3.12. The lowest BCUT2D eigenvalue weighted by Gasteiger charge is -2.27. The molecule has 1 heterocycles. The molecule has 2 aromatic carbocycles. The Kier molecular flexibility index (Phi) is 6.94. The van der Waals surface area contributed by atoms with Gasteiger partial charge in [-0.3, -0.25) is 0 Å². The normalized spacial score (nSPS) is 20.8. The van der Waals surface area contributed by atoms with Gasteiger partial charge in [0.05, 0.1) is 11.5 Å². The topological polar surface area (TPSA) is 46.6 Å². The number of benzene rings is 2. The highest BCUT2D eigenvalue weighted by atomic mass is 127. The van der Waals surface area contributed by atoms with E-state index in [2.05, 4.69) is 34.7 Å². The minimum atomic E-state index is -3.42. The summed E-state index contributed by atoms with van der Waals surface area (Å²) in [5, 5.41) is 0. The predicted molar refractivity (Wildman–Crippen MR) is 117 cm³/mol. The lowest BCUT2D eigenvalue weighted by atomic mass is 9.86. The van der Waals surface area contributed by atoms with Crippen LogP contribution in [0, 0.1) is 12.3 Å². The van der Waals surface area contributed by atoms with Crippen molar-refractivity contribution in [3.8, 4) is 0 Å². The van der Waals surface area contributed by atoms with Crippen LogP contribution in [0.2, 0.25) is 0 Å². The molecule has 1 saturated heterocycles. The molecular formula is C21H26INO3S. The second-order valence-electron chi connectivity index (χ2n) is 7.32. The van der Waals surface area contributed by atoms with Crippen LogP contribution < -0.4 is 0 Å². The Morgan fingerprint density at radius 1 is 1.11 bits per heavy atom. The Labute approximate surface area is 176 Å². The van der Waals surface area contributed by atoms with E-state index in [1.807, 2.05) is 37.3 Å². The van der Waals surface area contributed by atoms with Gasteiger partial charge in [-0.15, -0.1) is 0 Å². The number of alkyl halides is 1. The molecule has 0 amide bonds. The monoisotopic (exact) mass is 499 g/mol. The van der Waals surface area contributed by atoms with Gasteiger partial charge in [-0.05, 0) is 42.9 Å². The Bertz CT molecular complexity index is 839. The number of ether oxygens (including phenoxy) is 1. The van der Waals surface area contributed by atoms with Crippen LogP contribution in [0.3, 0.4) is 0 Å². The fourth-order valence-corrected chi connectivity index (χ4v) is 5.95. The quantitative estimate of drug-likeness (QED) is 0.307. The number of nitrogens with zero attached hydrogens (tertiary/aromatic N) is 1. The molecular weight excluding hydrogens is 473 g/mol. The molecule has 0 aliphatic carbocycles. The van der Waals surface area contributed by atoms with Crippen LogP contribution in [0.15, 0.2) is 59.5 Å². The molecule has 1 aliphatic rings. The summed E-state index contributed by atoms with van der Waals surface area (Å²) >= 11 is 2.39. The number of sulfonamides is 1. The SMILES string of the molecule is Cc1ccc(S(=O)(=O)N2CCC(CI)(CCOCc3ccccc3)C2)cc1. The molecule has 4 nitrogen and oxygen atoms in total. The van der Waals surface area contributed by atoms with E-state index in [-0.39, 0.29) is 5.41 Å². The van der Waals surface area contributed by atoms with E-state index < -0.39 is 10.0 Å². The number of rotatable bonds is 8. The largest absolute Gasteiger partial charge is 0.377 e. The van der Waals surface area contributed by atoms with Gasteiger partial charge in [0, 0.05) is 24.1 Å². The van der Waals surface area contributed by atoms with Crippen LogP contribution in [0.5, 0.6) is 0 Å². The van der Waals surface area contributed by atoms with E-state index in [1.165, 1.54) is 0 Å². The van der Waals surface area contributed by atoms with Crippen molar-refractivity contribution in [1.29, 1.82) is 0 Å². The van der Waals surface area contributed by atoms with E-state index in [0.717, 1.165) is 28.4 Å². The summed E-state index contributed by atoms with van der Waals surface area (Å²) in [6.07, 6.45) is 1.76. The van der Waals surface area contributed by atoms with E-state index in [0.29, 0.717) is 31.2 Å². The molecule has 3 rings (SSSR count). The minimum Gasteiger partial charge on any atom is -0.377 e. The lowest BCUT2D eigenvalue weighted by molar-refractivity contribution is 0.0928. The molecule has 0 bridgehead atoms. The molecule has 0 aromatic heterocycles. The van der Waals surface area contributed by atoms with E-state index >= 15 is 0 Å². The maximum absolute atomic E-state index is 13.0. The first kappa shape index (κ1) is 20.8. The highest BCUT2D eigenvalue weighted by Gasteiger charge is 2.42. The van der Waals surface area contributed by atoms with Crippen molar-refractivity contribution in [3.63, 3.8) is 0 Å². The van der Waals surface area contributed by atoms with Crippen LogP contribution in [-0.2, 0) is 21.4 Å². The molecule has 146 valence electrons. The van der Waals surface area contributed by atoms with Gasteiger partial charge in [0.25, 0.3) is 0 Å². The Hall–Kier alpha value is -0.960. The molecule has 0 N–H and O–H groups in total. The first-order valence-electron chi connectivity index (χ1n) is 9.20. The molecule has 0 radical (unpaired) electrons. The molecule has 27 heavy (non-hydrogen) atoms. The van der Waals surface area contributed by atoms with Crippen LogP contribution >= 0.6 is 22.6 Å². The Morgan fingerprint density at radius 3 is 2.48 bits per heavy atom. The maximum atomic E-state index is 13.0. The predicted octanol–water partition coefficient (Wildman–Crippen LogP) is 4.42. The van der Waals surface area contributed by atoms with Gasteiger partial charge >= 0.3 is 0 Å². The molecule has 1 fully saturated rings. The number of halogens is 1. The van der Waals surface area contributed by atoms with Crippen molar-refractivity contribution in [3.05, 3.63) is 65.7 Å². The molecule has 1 atom stereocenters. The molecule has 6 heteroatoms. The number of hydrogen-bond acceptors (Lipinski definition) is 3. The van der Waals surface area contributed by atoms with Gasteiger partial charge in [0.2, 0.25) is 10.0 Å². The average molecular weight is 499 g/mol. The first-order valence-corrected chi connectivity index (χ1v) is 12.2. The third kappa shape index (κ3) is 5.10. The first-order chi connectivity index (χ1) is 13.0. The second kappa shape index (κ2) is 9.03. The van der Waals surface area contributed by atoms with Crippen LogP contribution in [-0.4, -0.2) is 36.8 Å². The van der Waals surface area contributed by atoms with Crippen molar-refractivity contribution in [2.24, 2.45) is 5.41 Å². The summed E-state index contributed by atoms with van der Waals surface area (Å²) in [4.78, 5) is 0.387. The smallest absolute Gasteiger partial charge is 0.243 e. The number of hydrogen-bond donors (Lipinski definition) is 0. The highest BCUT2D eigenvalue weighted by Crippen LogP contribution is 2.38. The van der Waals surface area contributed by atoms with Crippen LogP contribution in [0.25, 0.3) is 0 Å². The zero-order valence-corrected chi connectivity index (χ0v) is 18.6. The lowest BCUT2D eigenvalue weighted by Crippen LogP contribution is -2.33. The summed E-state index contributed by atoms with van der Waals surface area (Å²) in [5.74, 6) is 0. The summed E-state index contributed by atoms with van der Waals surface area (Å²) in [6.45, 7) is 4.36. The van der Waals surface area contributed by atoms with Crippen molar-refractivity contribution in [1.82, 2.24) is 4.31 Å². The van der Waals surface area contributed by atoms with Crippen molar-refractivity contribution in [2.75, 3.05) is 24.1 Å². The third-order valence-electron chi connectivity index (χ3n) is 5.23. The molecule has 1 unspecified atom stereocenters. The molecule has 1 aliphatic heterocycles. The molecule has 2 aromatic rings. The van der Waals surface area contributed by atoms with Gasteiger partial charge in [-0.2, -0.15) is 4.31 Å². The number of aryl methyl sites for hydroxylation is 1. The van der Waals surface area contributed by atoms with Gasteiger partial charge in [0.1, 0.15) is 0 Å². The van der Waals surface area contributed by atoms with Crippen LogP contribution in [0.4, 0.5) is 0 Å². The van der Waals surface area contributed by atoms with Gasteiger partial charge < -0.3 is 4.74 Å². The van der Waals surface area contributed by atoms with Crippen molar-refractivity contribution >= 4 is 32.6 Å².